The maximum atomic E-state index is 6.78. The summed E-state index contributed by atoms with van der Waals surface area (Å²) in [5.41, 5.74) is 9.44. The molecule has 0 spiro atoms. The van der Waals surface area contributed by atoms with E-state index in [1.165, 1.54) is 0 Å². The molecule has 0 aliphatic rings. The van der Waals surface area contributed by atoms with Crippen molar-refractivity contribution in [1.29, 1.82) is 0 Å². The fourth-order valence-electron chi connectivity index (χ4n) is 3.01. The molecule has 26 heavy (non-hydrogen) atoms. The summed E-state index contributed by atoms with van der Waals surface area (Å²) < 4.78 is 6.78. The Hall–Kier alpha value is -2.36. The first-order valence-electron chi connectivity index (χ1n) is 8.84. The molecule has 0 aliphatic heterocycles. The molecule has 0 heterocycles. The molecular formula is C23H25NOSi. The number of rotatable bonds is 5. The van der Waals surface area contributed by atoms with Gasteiger partial charge in [0.1, 0.15) is 5.60 Å². The maximum Gasteiger partial charge on any atom is 0.237 e. The van der Waals surface area contributed by atoms with Gasteiger partial charge in [-0.15, -0.1) is 0 Å². The molecule has 0 saturated carbocycles. The zero-order valence-corrected chi connectivity index (χ0v) is 16.6. The lowest BCUT2D eigenvalue weighted by atomic mass is 9.80. The quantitative estimate of drug-likeness (QED) is 0.375. The van der Waals surface area contributed by atoms with E-state index in [4.69, 9.17) is 10.2 Å². The normalized spacial score (nSPS) is 12.1. The van der Waals surface area contributed by atoms with E-state index in [0.29, 0.717) is 9.76 Å². The van der Waals surface area contributed by atoms with Gasteiger partial charge in [0.15, 0.2) is 0 Å². The van der Waals surface area contributed by atoms with E-state index in [9.17, 15) is 0 Å². The van der Waals surface area contributed by atoms with Crippen molar-refractivity contribution >= 4 is 15.5 Å². The van der Waals surface area contributed by atoms with Crippen LogP contribution in [0.2, 0.25) is 5.04 Å². The molecule has 3 rings (SSSR count). The molecule has 132 valence electrons. The fraction of sp³-hybridized carbons (Fsp3) is 0.217. The summed E-state index contributed by atoms with van der Waals surface area (Å²) in [5.74, 6) is 0. The molecule has 0 amide bonds. The predicted molar refractivity (Wildman–Crippen MR) is 110 cm³/mol. The van der Waals surface area contributed by atoms with Gasteiger partial charge in [-0.2, -0.15) is 0 Å². The van der Waals surface area contributed by atoms with Crippen LogP contribution < -0.4 is 5.73 Å². The van der Waals surface area contributed by atoms with Crippen molar-refractivity contribution in [3.63, 3.8) is 0 Å². The first-order chi connectivity index (χ1) is 12.4. The first-order valence-corrected chi connectivity index (χ1v) is 9.75. The Morgan fingerprint density at radius 3 is 1.65 bits per heavy atom. The van der Waals surface area contributed by atoms with Crippen molar-refractivity contribution in [2.24, 2.45) is 0 Å². The van der Waals surface area contributed by atoms with Crippen LogP contribution in [0.5, 0.6) is 0 Å². The minimum atomic E-state index is -0.691. The number of nitrogen functional groups attached to an aromatic ring is 1. The average Bonchev–Trinajstić information content (AvgIpc) is 2.63. The highest BCUT2D eigenvalue weighted by Gasteiger charge is 2.38. The maximum absolute atomic E-state index is 6.78. The lowest BCUT2D eigenvalue weighted by Gasteiger charge is -2.38. The van der Waals surface area contributed by atoms with E-state index in [2.05, 4.69) is 75.4 Å². The summed E-state index contributed by atoms with van der Waals surface area (Å²) >= 11 is 0. The zero-order valence-electron chi connectivity index (χ0n) is 15.6. The van der Waals surface area contributed by atoms with Crippen molar-refractivity contribution in [3.8, 4) is 0 Å². The molecule has 3 aromatic rings. The third-order valence-corrected chi connectivity index (χ3v) is 5.18. The van der Waals surface area contributed by atoms with Crippen molar-refractivity contribution in [2.45, 2.75) is 31.4 Å². The Kier molecular flexibility index (Phi) is 5.30. The molecule has 0 aromatic heterocycles. The molecule has 0 saturated heterocycles. The van der Waals surface area contributed by atoms with E-state index in [0.717, 1.165) is 22.4 Å². The number of benzene rings is 3. The van der Waals surface area contributed by atoms with Gasteiger partial charge in [-0.1, -0.05) is 93.6 Å². The van der Waals surface area contributed by atoms with Crippen LogP contribution in [0.15, 0.2) is 84.9 Å². The van der Waals surface area contributed by atoms with Gasteiger partial charge in [0.05, 0.1) is 0 Å². The van der Waals surface area contributed by atoms with Crippen molar-refractivity contribution < 1.29 is 4.43 Å². The van der Waals surface area contributed by atoms with Crippen molar-refractivity contribution in [3.05, 3.63) is 102 Å². The molecule has 0 unspecified atom stereocenters. The minimum Gasteiger partial charge on any atom is -0.400 e. The lowest BCUT2D eigenvalue weighted by Crippen LogP contribution is -2.36. The van der Waals surface area contributed by atoms with Gasteiger partial charge in [-0.25, -0.2) is 0 Å². The smallest absolute Gasteiger partial charge is 0.237 e. The Bertz CT molecular complexity index is 801. The van der Waals surface area contributed by atoms with Crippen LogP contribution in [-0.4, -0.2) is 9.76 Å². The number of nitrogens with two attached hydrogens (primary N) is 1. The second-order valence-electron chi connectivity index (χ2n) is 7.49. The third kappa shape index (κ3) is 3.90. The van der Waals surface area contributed by atoms with Gasteiger partial charge in [0.25, 0.3) is 0 Å². The van der Waals surface area contributed by atoms with E-state index in [1.54, 1.807) is 0 Å². The average molecular weight is 360 g/mol. The van der Waals surface area contributed by atoms with E-state index < -0.39 is 5.60 Å². The van der Waals surface area contributed by atoms with E-state index in [1.807, 2.05) is 30.3 Å². The van der Waals surface area contributed by atoms with E-state index >= 15 is 0 Å². The summed E-state index contributed by atoms with van der Waals surface area (Å²) in [6, 6.07) is 28.8. The van der Waals surface area contributed by atoms with Crippen LogP contribution in [0, 0.1) is 0 Å². The van der Waals surface area contributed by atoms with Gasteiger partial charge >= 0.3 is 0 Å². The topological polar surface area (TPSA) is 35.2 Å². The summed E-state index contributed by atoms with van der Waals surface area (Å²) in [4.78, 5) is 0. The van der Waals surface area contributed by atoms with Crippen LogP contribution in [0.1, 0.15) is 37.5 Å². The number of anilines is 1. The zero-order chi connectivity index (χ0) is 18.6. The van der Waals surface area contributed by atoms with Crippen molar-refractivity contribution in [1.82, 2.24) is 0 Å². The van der Waals surface area contributed by atoms with Crippen LogP contribution in [-0.2, 0) is 10.0 Å². The summed E-state index contributed by atoms with van der Waals surface area (Å²) in [6.45, 7) is 6.60. The highest BCUT2D eigenvalue weighted by Crippen LogP contribution is 2.42. The molecule has 3 aromatic carbocycles. The Balaban J connectivity index is 2.27. The SMILES string of the molecule is CC(C)(C)[Si]OC(c1ccccc1)(c1ccccc1)c1cccc(N)c1. The Morgan fingerprint density at radius 2 is 1.19 bits per heavy atom. The van der Waals surface area contributed by atoms with Crippen LogP contribution >= 0.6 is 0 Å². The predicted octanol–water partition coefficient (Wildman–Crippen LogP) is 5.41. The first kappa shape index (κ1) is 18.4. The van der Waals surface area contributed by atoms with Gasteiger partial charge in [-0.3, -0.25) is 0 Å². The molecule has 0 bridgehead atoms. The molecule has 2 radical (unpaired) electrons. The van der Waals surface area contributed by atoms with Crippen LogP contribution in [0.3, 0.4) is 0 Å². The van der Waals surface area contributed by atoms with Crippen LogP contribution in [0.4, 0.5) is 5.69 Å². The van der Waals surface area contributed by atoms with Crippen molar-refractivity contribution in [2.75, 3.05) is 5.73 Å². The lowest BCUT2D eigenvalue weighted by molar-refractivity contribution is 0.157. The van der Waals surface area contributed by atoms with Gasteiger partial charge in [0, 0.05) is 5.69 Å². The highest BCUT2D eigenvalue weighted by atomic mass is 28.2. The molecular weight excluding hydrogens is 334 g/mol. The fourth-order valence-corrected chi connectivity index (χ4v) is 3.82. The molecule has 2 nitrogen and oxygen atoms in total. The van der Waals surface area contributed by atoms with Gasteiger partial charge < -0.3 is 10.2 Å². The molecule has 3 heteroatoms. The van der Waals surface area contributed by atoms with Gasteiger partial charge in [0.2, 0.25) is 9.76 Å². The summed E-state index contributed by atoms with van der Waals surface area (Å²) in [7, 11) is 0.326. The number of hydrogen-bond acceptors (Lipinski definition) is 2. The molecule has 2 N–H and O–H groups in total. The summed E-state index contributed by atoms with van der Waals surface area (Å²) in [5, 5.41) is 0.0646. The minimum absolute atomic E-state index is 0.0646. The second-order valence-corrected chi connectivity index (χ2v) is 9.40. The van der Waals surface area contributed by atoms with E-state index in [-0.39, 0.29) is 5.04 Å². The standard InChI is InChI=1S/C23H25NOSi/c1-22(2,3)26-25-23(18-11-6-4-7-12-18,19-13-8-5-9-14-19)20-15-10-16-21(24)17-20/h4-17H,24H2,1-3H3. The Labute approximate surface area is 159 Å². The molecule has 0 fully saturated rings. The number of hydrogen-bond donors (Lipinski definition) is 1. The van der Waals surface area contributed by atoms with Gasteiger partial charge in [-0.05, 0) is 33.9 Å². The largest absolute Gasteiger partial charge is 0.400 e. The second kappa shape index (κ2) is 7.48. The third-order valence-electron chi connectivity index (χ3n) is 4.16. The summed E-state index contributed by atoms with van der Waals surface area (Å²) in [6.07, 6.45) is 0. The molecule has 0 aliphatic carbocycles. The highest BCUT2D eigenvalue weighted by molar-refractivity contribution is 6.32. The monoisotopic (exact) mass is 359 g/mol. The van der Waals surface area contributed by atoms with Crippen LogP contribution in [0.25, 0.3) is 0 Å². The molecule has 0 atom stereocenters. The Morgan fingerprint density at radius 1 is 0.692 bits per heavy atom.